The van der Waals surface area contributed by atoms with Crippen molar-refractivity contribution in [2.75, 3.05) is 0 Å². The first kappa shape index (κ1) is 28.2. The number of ether oxygens (including phenoxy) is 3. The van der Waals surface area contributed by atoms with Crippen LogP contribution in [0.15, 0.2) is 54.3 Å². The van der Waals surface area contributed by atoms with Gasteiger partial charge in [0, 0.05) is 12.5 Å². The molecule has 7 heteroatoms. The smallest absolute Gasteiger partial charge is 0.374 e. The predicted molar refractivity (Wildman–Crippen MR) is 141 cm³/mol. The summed E-state index contributed by atoms with van der Waals surface area (Å²) >= 11 is 0. The fourth-order valence-corrected chi connectivity index (χ4v) is 3.79. The molecule has 0 aliphatic rings. The molecule has 0 aliphatic heterocycles. The second-order valence-electron chi connectivity index (χ2n) is 10.9. The normalized spacial score (nSPS) is 12.7. The maximum atomic E-state index is 12.8. The molecule has 0 N–H and O–H groups in total. The summed E-state index contributed by atoms with van der Waals surface area (Å²) in [6.45, 7) is 17.6. The van der Waals surface area contributed by atoms with E-state index in [2.05, 4.69) is 33.9 Å². The summed E-state index contributed by atoms with van der Waals surface area (Å²) in [6, 6.07) is 15.2. The van der Waals surface area contributed by atoms with Crippen molar-refractivity contribution in [1.29, 1.82) is 0 Å². The van der Waals surface area contributed by atoms with Gasteiger partial charge < -0.3 is 18.6 Å². The van der Waals surface area contributed by atoms with Gasteiger partial charge in [-0.25, -0.2) is 4.79 Å². The van der Waals surface area contributed by atoms with E-state index in [9.17, 15) is 9.59 Å². The number of hydrogen-bond acceptors (Lipinski definition) is 6. The quantitative estimate of drug-likeness (QED) is 0.171. The molecule has 0 fully saturated rings. The summed E-state index contributed by atoms with van der Waals surface area (Å²) in [5, 5.41) is 0.00486. The summed E-state index contributed by atoms with van der Waals surface area (Å²) in [4.78, 5) is 24.6. The zero-order valence-electron chi connectivity index (χ0n) is 22.4. The third kappa shape index (κ3) is 8.90. The number of benzene rings is 2. The molecule has 190 valence electrons. The Labute approximate surface area is 210 Å². The summed E-state index contributed by atoms with van der Waals surface area (Å²) in [6.07, 6.45) is 1.47. The fraction of sp³-hybridized carbons (Fsp3) is 0.429. The van der Waals surface area contributed by atoms with Crippen LogP contribution in [0.3, 0.4) is 0 Å². The lowest BCUT2D eigenvalue weighted by Gasteiger charge is -2.36. The molecular weight excluding hydrogens is 460 g/mol. The van der Waals surface area contributed by atoms with Crippen LogP contribution in [0, 0.1) is 0 Å². The van der Waals surface area contributed by atoms with Gasteiger partial charge in [-0.3, -0.25) is 4.79 Å². The Morgan fingerprint density at radius 2 is 1.57 bits per heavy atom. The van der Waals surface area contributed by atoms with Gasteiger partial charge >= 0.3 is 11.9 Å². The Hall–Kier alpha value is -3.06. The highest BCUT2D eigenvalue weighted by Gasteiger charge is 2.39. The third-order valence-corrected chi connectivity index (χ3v) is 9.90. The minimum absolute atomic E-state index is 0.00486. The van der Waals surface area contributed by atoms with Crippen molar-refractivity contribution in [2.45, 2.75) is 78.8 Å². The first-order chi connectivity index (χ1) is 16.1. The molecule has 2 aromatic rings. The highest BCUT2D eigenvalue weighted by Crippen LogP contribution is 2.38. The molecule has 35 heavy (non-hydrogen) atoms. The van der Waals surface area contributed by atoms with Crippen molar-refractivity contribution in [1.82, 2.24) is 0 Å². The number of hydrogen-bond donors (Lipinski definition) is 0. The molecule has 0 aliphatic carbocycles. The van der Waals surface area contributed by atoms with E-state index in [1.54, 1.807) is 32.9 Å². The average Bonchev–Trinajstić information content (AvgIpc) is 2.71. The molecule has 0 atom stereocenters. The van der Waals surface area contributed by atoms with Gasteiger partial charge in [-0.15, -0.1) is 0 Å². The number of rotatable bonds is 8. The predicted octanol–water partition coefficient (Wildman–Crippen LogP) is 6.90. The number of esters is 2. The molecule has 0 saturated heterocycles. The first-order valence-corrected chi connectivity index (χ1v) is 14.6. The summed E-state index contributed by atoms with van der Waals surface area (Å²) < 4.78 is 23.2. The molecule has 0 amide bonds. The molecule has 2 aromatic carbocycles. The lowest BCUT2D eigenvalue weighted by molar-refractivity contribution is -0.158. The van der Waals surface area contributed by atoms with Crippen molar-refractivity contribution >= 4 is 26.3 Å². The fourth-order valence-electron chi connectivity index (χ4n) is 2.77. The van der Waals surface area contributed by atoms with Crippen LogP contribution >= 0.6 is 0 Å². The molecule has 0 radical (unpaired) electrons. The molecule has 0 spiro atoms. The van der Waals surface area contributed by atoms with Crippen LogP contribution in [0.1, 0.15) is 59.6 Å². The Balaban J connectivity index is 2.51. The first-order valence-electron chi connectivity index (χ1n) is 11.7. The Kier molecular flexibility index (Phi) is 8.95. The summed E-state index contributed by atoms with van der Waals surface area (Å²) in [5.41, 5.74) is 0.784. The van der Waals surface area contributed by atoms with Gasteiger partial charge in [-0.05, 0) is 68.7 Å². The van der Waals surface area contributed by atoms with Crippen LogP contribution in [-0.4, -0.2) is 25.9 Å². The van der Waals surface area contributed by atoms with Crippen molar-refractivity contribution in [2.24, 2.45) is 0 Å². The molecule has 0 saturated carbocycles. The van der Waals surface area contributed by atoms with Crippen molar-refractivity contribution in [3.63, 3.8) is 0 Å². The van der Waals surface area contributed by atoms with Crippen LogP contribution < -0.4 is 9.16 Å². The second-order valence-corrected chi connectivity index (χ2v) is 15.7. The minimum Gasteiger partial charge on any atom is -0.543 e. The Morgan fingerprint density at radius 3 is 2.11 bits per heavy atom. The van der Waals surface area contributed by atoms with E-state index in [0.29, 0.717) is 23.7 Å². The Bertz CT molecular complexity index is 1060. The summed E-state index contributed by atoms with van der Waals surface area (Å²) in [7, 11) is -2.12. The highest BCUT2D eigenvalue weighted by atomic mass is 28.4. The van der Waals surface area contributed by atoms with E-state index < -0.39 is 25.9 Å². The van der Waals surface area contributed by atoms with Crippen LogP contribution in [0.25, 0.3) is 6.08 Å². The second kappa shape index (κ2) is 11.1. The van der Waals surface area contributed by atoms with E-state index >= 15 is 0 Å². The van der Waals surface area contributed by atoms with Gasteiger partial charge in [0.2, 0.25) is 14.1 Å². The summed E-state index contributed by atoms with van der Waals surface area (Å²) in [5.74, 6) is -0.410. The maximum Gasteiger partial charge on any atom is 0.374 e. The van der Waals surface area contributed by atoms with Gasteiger partial charge in [-0.1, -0.05) is 51.1 Å². The third-order valence-electron chi connectivity index (χ3n) is 5.54. The molecule has 0 aromatic heterocycles. The molecular formula is C28H38O6Si. The zero-order valence-corrected chi connectivity index (χ0v) is 23.4. The van der Waals surface area contributed by atoms with Crippen LogP contribution in [0.4, 0.5) is 0 Å². The van der Waals surface area contributed by atoms with Gasteiger partial charge in [0.25, 0.3) is 0 Å². The number of carbonyl (C=O) groups is 2. The van der Waals surface area contributed by atoms with Crippen LogP contribution in [-0.2, 0) is 25.7 Å². The van der Waals surface area contributed by atoms with Crippen molar-refractivity contribution in [3.8, 4) is 11.5 Å². The number of carbonyl (C=O) groups excluding carboxylic acids is 2. The topological polar surface area (TPSA) is 71.1 Å². The zero-order chi connectivity index (χ0) is 26.4. The van der Waals surface area contributed by atoms with Gasteiger partial charge in [0.05, 0.1) is 0 Å². The Morgan fingerprint density at radius 1 is 0.943 bits per heavy atom. The SMILES string of the molecule is CC(=O)O/C(=C/c1cc(O[Si](C)(C)C(C)(C)C)ccc1OCc1ccccc1)C(=O)OC(C)(C)C. The monoisotopic (exact) mass is 498 g/mol. The minimum atomic E-state index is -2.12. The van der Waals surface area contributed by atoms with Crippen molar-refractivity contribution < 1.29 is 28.2 Å². The van der Waals surface area contributed by atoms with E-state index in [1.165, 1.54) is 13.0 Å². The standard InChI is InChI=1S/C28H38O6Si/c1-20(29)32-25(26(30)33-27(2,3)4)18-22-17-23(34-35(8,9)28(5,6)7)15-16-24(22)31-19-21-13-11-10-12-14-21/h10-18H,19H2,1-9H3/b25-18+. The van der Waals surface area contributed by atoms with Crippen LogP contribution in [0.5, 0.6) is 11.5 Å². The average molecular weight is 499 g/mol. The van der Waals surface area contributed by atoms with Gasteiger partial charge in [0.15, 0.2) is 0 Å². The van der Waals surface area contributed by atoms with Gasteiger partial charge in [0.1, 0.15) is 23.7 Å². The van der Waals surface area contributed by atoms with E-state index in [1.807, 2.05) is 36.4 Å². The molecule has 0 heterocycles. The van der Waals surface area contributed by atoms with Gasteiger partial charge in [-0.2, -0.15) is 0 Å². The molecule has 6 nitrogen and oxygen atoms in total. The van der Waals surface area contributed by atoms with Crippen LogP contribution in [0.2, 0.25) is 18.1 Å². The van der Waals surface area contributed by atoms with E-state index in [4.69, 9.17) is 18.6 Å². The lowest BCUT2D eigenvalue weighted by atomic mass is 10.1. The van der Waals surface area contributed by atoms with Crippen molar-refractivity contribution in [3.05, 3.63) is 65.4 Å². The van der Waals surface area contributed by atoms with E-state index in [0.717, 1.165) is 5.56 Å². The van der Waals surface area contributed by atoms with E-state index in [-0.39, 0.29) is 10.8 Å². The molecule has 0 unspecified atom stereocenters. The molecule has 2 rings (SSSR count). The molecule has 0 bridgehead atoms. The largest absolute Gasteiger partial charge is 0.543 e. The lowest BCUT2D eigenvalue weighted by Crippen LogP contribution is -2.43. The maximum absolute atomic E-state index is 12.8. The highest BCUT2D eigenvalue weighted by molar-refractivity contribution is 6.74.